The first-order chi connectivity index (χ1) is 25.3. The van der Waals surface area contributed by atoms with Crippen LogP contribution in [-0.4, -0.2) is 54.0 Å². The molecule has 0 spiro atoms. The number of hydrogen-bond acceptors (Lipinski definition) is 9. The highest BCUT2D eigenvalue weighted by molar-refractivity contribution is 7.86. The number of fused-ring (bicyclic) bond motifs is 2. The number of aromatic hydroxyl groups is 2. The topological polar surface area (TPSA) is 249 Å². The van der Waals surface area contributed by atoms with Crippen molar-refractivity contribution < 1.29 is 50.5 Å². The van der Waals surface area contributed by atoms with Crippen molar-refractivity contribution in [1.82, 2.24) is 0 Å². The Morgan fingerprint density at radius 2 is 0.870 bits per heavy atom. The summed E-state index contributed by atoms with van der Waals surface area (Å²) in [6.07, 6.45) is 0. The molecular formula is C37H30N4O11S2. The van der Waals surface area contributed by atoms with E-state index in [0.717, 1.165) is 24.3 Å². The summed E-state index contributed by atoms with van der Waals surface area (Å²) in [7, 11) is -9.26. The molecule has 0 atom stereocenters. The molecule has 276 valence electrons. The molecule has 0 fully saturated rings. The lowest BCUT2D eigenvalue weighted by atomic mass is 10.1. The Morgan fingerprint density at radius 3 is 1.22 bits per heavy atom. The van der Waals surface area contributed by atoms with Gasteiger partial charge in [0.25, 0.3) is 32.1 Å². The minimum Gasteiger partial charge on any atom is -0.506 e. The van der Waals surface area contributed by atoms with E-state index in [-0.39, 0.29) is 11.1 Å². The van der Waals surface area contributed by atoms with Gasteiger partial charge in [0.1, 0.15) is 21.3 Å². The van der Waals surface area contributed by atoms with Gasteiger partial charge in [-0.05, 0) is 131 Å². The van der Waals surface area contributed by atoms with Crippen LogP contribution in [0.25, 0.3) is 21.5 Å². The molecule has 0 aliphatic carbocycles. The summed E-state index contributed by atoms with van der Waals surface area (Å²) >= 11 is 0. The molecule has 0 heterocycles. The zero-order chi connectivity index (χ0) is 39.1. The molecule has 0 aromatic heterocycles. The lowest BCUT2D eigenvalue weighted by molar-refractivity contribution is 0.101. The Kier molecular flexibility index (Phi) is 9.74. The van der Waals surface area contributed by atoms with Crippen LogP contribution in [0.3, 0.4) is 0 Å². The lowest BCUT2D eigenvalue weighted by Gasteiger charge is -2.14. The second-order valence-corrected chi connectivity index (χ2v) is 15.0. The smallest absolute Gasteiger partial charge is 0.323 e. The van der Waals surface area contributed by atoms with Crippen LogP contribution in [0.5, 0.6) is 11.5 Å². The summed E-state index contributed by atoms with van der Waals surface area (Å²) < 4.78 is 64.6. The van der Waals surface area contributed by atoms with Crippen LogP contribution >= 0.6 is 0 Å². The lowest BCUT2D eigenvalue weighted by Crippen LogP contribution is -2.21. The standard InChI is InChI=1S/C37H30N4O11S2/c1-19-11-23(35(44)38-27-7-3-21-17-33(53(47,48)49)31(42)15-25(21)13-27)5-9-29(19)40-37(46)41-30-10-6-24(12-20(30)2)36(45)39-28-8-4-22-18-34(54(50,51)52)32(43)16-26(22)14-28/h3-18,42-43H,1-2H3,(H,38,44)(H,39,45)(H2,40,41,46)(H,47,48,49)(H,50,51,52). The maximum absolute atomic E-state index is 13.0. The van der Waals surface area contributed by atoms with Gasteiger partial charge < -0.3 is 31.5 Å². The Morgan fingerprint density at radius 1 is 0.481 bits per heavy atom. The monoisotopic (exact) mass is 770 g/mol. The third-order valence-electron chi connectivity index (χ3n) is 8.38. The van der Waals surface area contributed by atoms with Crippen LogP contribution in [0.15, 0.2) is 107 Å². The Balaban J connectivity index is 1.07. The highest BCUT2D eigenvalue weighted by Crippen LogP contribution is 2.32. The van der Waals surface area contributed by atoms with Crippen LogP contribution in [-0.2, 0) is 20.2 Å². The second kappa shape index (κ2) is 14.1. The first-order valence-electron chi connectivity index (χ1n) is 15.8. The molecule has 0 saturated carbocycles. The van der Waals surface area contributed by atoms with Crippen molar-refractivity contribution in [2.45, 2.75) is 23.6 Å². The van der Waals surface area contributed by atoms with Gasteiger partial charge in [-0.1, -0.05) is 12.1 Å². The number of phenolic OH excluding ortho intramolecular Hbond substituents is 2. The third-order valence-corrected chi connectivity index (χ3v) is 10.1. The van der Waals surface area contributed by atoms with Crippen LogP contribution < -0.4 is 21.3 Å². The van der Waals surface area contributed by atoms with E-state index in [1.807, 2.05) is 0 Å². The Bertz CT molecular complexity index is 2600. The normalized spacial score (nSPS) is 11.6. The number of urea groups is 1. The largest absolute Gasteiger partial charge is 0.506 e. The number of phenols is 2. The van der Waals surface area contributed by atoms with Gasteiger partial charge in [0.2, 0.25) is 0 Å². The summed E-state index contributed by atoms with van der Waals surface area (Å²) in [6, 6.07) is 22.4. The fourth-order valence-electron chi connectivity index (χ4n) is 5.67. The van der Waals surface area contributed by atoms with E-state index >= 15 is 0 Å². The maximum atomic E-state index is 13.0. The molecule has 15 nitrogen and oxygen atoms in total. The van der Waals surface area contributed by atoms with Gasteiger partial charge in [-0.25, -0.2) is 4.79 Å². The minimum atomic E-state index is -4.63. The molecule has 0 bridgehead atoms. The Hall–Kier alpha value is -6.53. The van der Waals surface area contributed by atoms with E-state index in [4.69, 9.17) is 0 Å². The highest BCUT2D eigenvalue weighted by Gasteiger charge is 2.19. The van der Waals surface area contributed by atoms with Crippen molar-refractivity contribution in [3.05, 3.63) is 119 Å². The molecule has 0 unspecified atom stereocenters. The molecule has 0 radical (unpaired) electrons. The van der Waals surface area contributed by atoms with E-state index in [9.17, 15) is 50.5 Å². The molecule has 8 N–H and O–H groups in total. The molecule has 17 heteroatoms. The van der Waals surface area contributed by atoms with E-state index < -0.39 is 59.4 Å². The summed E-state index contributed by atoms with van der Waals surface area (Å²) in [5.41, 5.74) is 3.27. The number of nitrogens with one attached hydrogen (secondary N) is 4. The van der Waals surface area contributed by atoms with Crippen LogP contribution in [0, 0.1) is 13.8 Å². The number of carbonyl (C=O) groups excluding carboxylic acids is 3. The number of anilines is 4. The number of benzene rings is 6. The highest BCUT2D eigenvalue weighted by atomic mass is 32.2. The van der Waals surface area contributed by atoms with Gasteiger partial charge >= 0.3 is 6.03 Å². The summed E-state index contributed by atoms with van der Waals surface area (Å²) in [6.45, 7) is 3.40. The molecule has 4 amide bonds. The van der Waals surface area contributed by atoms with Crippen LogP contribution in [0.4, 0.5) is 27.5 Å². The van der Waals surface area contributed by atoms with Gasteiger partial charge in [-0.15, -0.1) is 0 Å². The van der Waals surface area contributed by atoms with Crippen molar-refractivity contribution in [2.75, 3.05) is 21.3 Å². The van der Waals surface area contributed by atoms with Gasteiger partial charge in [-0.3, -0.25) is 18.7 Å². The average molecular weight is 771 g/mol. The van der Waals surface area contributed by atoms with Crippen molar-refractivity contribution in [1.29, 1.82) is 0 Å². The second-order valence-electron chi connectivity index (χ2n) is 12.3. The number of amides is 4. The van der Waals surface area contributed by atoms with E-state index in [1.165, 1.54) is 48.5 Å². The zero-order valence-corrected chi connectivity index (χ0v) is 29.8. The third kappa shape index (κ3) is 8.08. The maximum Gasteiger partial charge on any atom is 0.323 e. The van der Waals surface area contributed by atoms with Gasteiger partial charge in [0, 0.05) is 33.9 Å². The fraction of sp³-hybridized carbons (Fsp3) is 0.0541. The van der Waals surface area contributed by atoms with Gasteiger partial charge in [0.05, 0.1) is 0 Å². The predicted molar refractivity (Wildman–Crippen MR) is 202 cm³/mol. The quantitative estimate of drug-likeness (QED) is 0.0760. The summed E-state index contributed by atoms with van der Waals surface area (Å²) in [4.78, 5) is 37.7. The molecule has 0 aliphatic rings. The van der Waals surface area contributed by atoms with Crippen molar-refractivity contribution >= 4 is 82.4 Å². The van der Waals surface area contributed by atoms with Crippen molar-refractivity contribution in [3.8, 4) is 11.5 Å². The number of aryl methyl sites for hydroxylation is 2. The predicted octanol–water partition coefficient (Wildman–Crippen LogP) is 6.66. The van der Waals surface area contributed by atoms with Crippen LogP contribution in [0.2, 0.25) is 0 Å². The molecule has 6 rings (SSSR count). The minimum absolute atomic E-state index is 0.279. The SMILES string of the molecule is Cc1cc(C(=O)Nc2ccc3cc(S(=O)(=O)O)c(O)cc3c2)ccc1NC(=O)Nc1ccc(C(=O)Nc2ccc3cc(S(=O)(=O)O)c(O)cc3c2)cc1C. The van der Waals surface area contributed by atoms with E-state index in [0.29, 0.717) is 55.4 Å². The first-order valence-corrected chi connectivity index (χ1v) is 18.6. The number of rotatable bonds is 8. The first kappa shape index (κ1) is 37.2. The van der Waals surface area contributed by atoms with Gasteiger partial charge in [-0.2, -0.15) is 16.8 Å². The van der Waals surface area contributed by atoms with Crippen LogP contribution in [0.1, 0.15) is 31.8 Å². The molecular weight excluding hydrogens is 741 g/mol. The summed E-state index contributed by atoms with van der Waals surface area (Å²) in [5, 5.41) is 32.7. The molecule has 0 aliphatic heterocycles. The van der Waals surface area contributed by atoms with Crippen molar-refractivity contribution in [2.24, 2.45) is 0 Å². The molecule has 6 aromatic carbocycles. The van der Waals surface area contributed by atoms with Gasteiger partial charge in [0.15, 0.2) is 0 Å². The summed E-state index contributed by atoms with van der Waals surface area (Å²) in [5.74, 6) is -2.22. The van der Waals surface area contributed by atoms with E-state index in [1.54, 1.807) is 38.1 Å². The molecule has 0 saturated heterocycles. The Labute approximate surface area is 307 Å². The van der Waals surface area contributed by atoms with Crippen molar-refractivity contribution in [3.63, 3.8) is 0 Å². The number of hydrogen-bond donors (Lipinski definition) is 8. The number of carbonyl (C=O) groups is 3. The van der Waals surface area contributed by atoms with E-state index in [2.05, 4.69) is 21.3 Å². The fourth-order valence-corrected chi connectivity index (χ4v) is 6.87. The molecule has 54 heavy (non-hydrogen) atoms. The zero-order valence-electron chi connectivity index (χ0n) is 28.2. The molecule has 6 aromatic rings. The average Bonchev–Trinajstić information content (AvgIpc) is 3.08.